The molecule has 0 saturated heterocycles. The second kappa shape index (κ2) is 4.73. The van der Waals surface area contributed by atoms with Gasteiger partial charge >= 0.3 is 0 Å². The number of nitrogens with one attached hydrogen (secondary N) is 2. The van der Waals surface area contributed by atoms with Crippen molar-refractivity contribution in [2.75, 3.05) is 5.32 Å². The highest BCUT2D eigenvalue weighted by atomic mass is 79.9. The highest BCUT2D eigenvalue weighted by Gasteiger charge is 2.41. The number of carbonyl (C=O) groups is 1. The highest BCUT2D eigenvalue weighted by Crippen LogP contribution is 2.33. The number of anilines is 1. The molecule has 0 atom stereocenters. The zero-order valence-corrected chi connectivity index (χ0v) is 12.9. The zero-order valence-electron chi connectivity index (χ0n) is 11.4. The first kappa shape index (κ1) is 13.4. The minimum absolute atomic E-state index is 0.0146. The summed E-state index contributed by atoms with van der Waals surface area (Å²) in [4.78, 5) is 15.4. The molecule has 106 valence electrons. The number of fused-ring (bicyclic) bond motifs is 1. The molecule has 1 aliphatic carbocycles. The van der Waals surface area contributed by atoms with E-state index in [2.05, 4.69) is 43.6 Å². The first-order valence-electron chi connectivity index (χ1n) is 6.50. The van der Waals surface area contributed by atoms with Gasteiger partial charge in [0.25, 0.3) is 0 Å². The summed E-state index contributed by atoms with van der Waals surface area (Å²) in [7, 11) is 0. The predicted molar refractivity (Wildman–Crippen MR) is 79.6 cm³/mol. The summed E-state index contributed by atoms with van der Waals surface area (Å²) in [6.45, 7) is 3.60. The van der Waals surface area contributed by atoms with E-state index in [4.69, 9.17) is 0 Å². The molecule has 2 aromatic heterocycles. The third-order valence-electron chi connectivity index (χ3n) is 3.57. The summed E-state index contributed by atoms with van der Waals surface area (Å²) < 4.78 is 2.76. The van der Waals surface area contributed by atoms with E-state index in [-0.39, 0.29) is 11.4 Å². The Morgan fingerprint density at radius 3 is 3.00 bits per heavy atom. The molecule has 1 saturated carbocycles. The molecule has 2 aromatic rings. The Balaban J connectivity index is 1.65. The van der Waals surface area contributed by atoms with Crippen LogP contribution in [0.3, 0.4) is 0 Å². The van der Waals surface area contributed by atoms with Gasteiger partial charge in [0.1, 0.15) is 0 Å². The molecule has 1 aliphatic rings. The van der Waals surface area contributed by atoms with E-state index in [9.17, 15) is 4.79 Å². The van der Waals surface area contributed by atoms with Crippen molar-refractivity contribution in [2.45, 2.75) is 38.3 Å². The Morgan fingerprint density at radius 2 is 2.30 bits per heavy atom. The van der Waals surface area contributed by atoms with E-state index in [1.165, 1.54) is 0 Å². The van der Waals surface area contributed by atoms with Crippen molar-refractivity contribution in [2.24, 2.45) is 0 Å². The predicted octanol–water partition coefficient (Wildman–Crippen LogP) is 1.96. The summed E-state index contributed by atoms with van der Waals surface area (Å²) >= 11 is 3.44. The number of hydrogen-bond acceptors (Lipinski definition) is 4. The van der Waals surface area contributed by atoms with Gasteiger partial charge in [-0.15, -0.1) is 5.10 Å². The zero-order chi connectivity index (χ0) is 14.3. The van der Waals surface area contributed by atoms with Crippen LogP contribution in [0.15, 0.2) is 22.9 Å². The molecule has 1 amide bonds. The lowest BCUT2D eigenvalue weighted by Gasteiger charge is -2.45. The molecule has 1 fully saturated rings. The van der Waals surface area contributed by atoms with Crippen molar-refractivity contribution < 1.29 is 4.79 Å². The number of nitrogens with zero attached hydrogens (tertiary/aromatic N) is 3. The molecule has 0 aliphatic heterocycles. The monoisotopic (exact) mass is 337 g/mol. The Labute approximate surface area is 125 Å². The molecule has 3 rings (SSSR count). The Morgan fingerprint density at radius 1 is 1.55 bits per heavy atom. The maximum atomic E-state index is 11.1. The maximum absolute atomic E-state index is 11.1. The van der Waals surface area contributed by atoms with E-state index >= 15 is 0 Å². The van der Waals surface area contributed by atoms with Gasteiger partial charge in [0.15, 0.2) is 0 Å². The van der Waals surface area contributed by atoms with Gasteiger partial charge in [-0.3, -0.25) is 4.79 Å². The molecule has 7 heteroatoms. The molecular formula is C13H16BrN5O. The summed E-state index contributed by atoms with van der Waals surface area (Å²) in [5.41, 5.74) is 0.830. The van der Waals surface area contributed by atoms with Crippen LogP contribution in [-0.2, 0) is 4.79 Å². The summed E-state index contributed by atoms with van der Waals surface area (Å²) in [6, 6.07) is 2.23. The lowest BCUT2D eigenvalue weighted by molar-refractivity contribution is -0.121. The van der Waals surface area contributed by atoms with Gasteiger partial charge in [0.05, 0.1) is 11.7 Å². The SMILES string of the molecule is CC(=O)NC1(C)CC(Nc2ncc3c(Br)ccn3n2)C1. The molecule has 0 aromatic carbocycles. The first-order valence-corrected chi connectivity index (χ1v) is 7.30. The molecule has 0 spiro atoms. The van der Waals surface area contributed by atoms with Crippen LogP contribution in [-0.4, -0.2) is 32.1 Å². The Bertz CT molecular complexity index is 662. The minimum Gasteiger partial charge on any atom is -0.351 e. The van der Waals surface area contributed by atoms with Gasteiger partial charge in [0.2, 0.25) is 11.9 Å². The molecule has 0 unspecified atom stereocenters. The van der Waals surface area contributed by atoms with Crippen LogP contribution in [0.5, 0.6) is 0 Å². The van der Waals surface area contributed by atoms with Gasteiger partial charge in [-0.05, 0) is 41.8 Å². The summed E-state index contributed by atoms with van der Waals surface area (Å²) in [5.74, 6) is 0.622. The van der Waals surface area contributed by atoms with E-state index in [1.54, 1.807) is 17.6 Å². The molecule has 2 N–H and O–H groups in total. The number of hydrogen-bond donors (Lipinski definition) is 2. The van der Waals surface area contributed by atoms with Crippen LogP contribution in [0.25, 0.3) is 5.52 Å². The second-order valence-electron chi connectivity index (χ2n) is 5.57. The fraction of sp³-hybridized carbons (Fsp3) is 0.462. The summed E-state index contributed by atoms with van der Waals surface area (Å²) in [6.07, 6.45) is 5.42. The van der Waals surface area contributed by atoms with Gasteiger partial charge in [-0.25, -0.2) is 9.50 Å². The lowest BCUT2D eigenvalue weighted by atomic mass is 9.74. The van der Waals surface area contributed by atoms with Crippen molar-refractivity contribution in [3.05, 3.63) is 22.9 Å². The van der Waals surface area contributed by atoms with Crippen LogP contribution >= 0.6 is 15.9 Å². The average molecular weight is 338 g/mol. The van der Waals surface area contributed by atoms with Crippen LogP contribution in [0, 0.1) is 0 Å². The van der Waals surface area contributed by atoms with Crippen molar-refractivity contribution in [3.63, 3.8) is 0 Å². The maximum Gasteiger partial charge on any atom is 0.241 e. The quantitative estimate of drug-likeness (QED) is 0.898. The number of amides is 1. The van der Waals surface area contributed by atoms with E-state index < -0.39 is 0 Å². The minimum atomic E-state index is -0.107. The third-order valence-corrected chi connectivity index (χ3v) is 4.24. The van der Waals surface area contributed by atoms with Crippen LogP contribution in [0.4, 0.5) is 5.95 Å². The molecule has 20 heavy (non-hydrogen) atoms. The molecule has 6 nitrogen and oxygen atoms in total. The third kappa shape index (κ3) is 2.49. The van der Waals surface area contributed by atoms with Crippen LogP contribution < -0.4 is 10.6 Å². The van der Waals surface area contributed by atoms with Crippen molar-refractivity contribution >= 4 is 33.3 Å². The standard InChI is InChI=1S/C13H16BrN5O/c1-8(20)17-13(2)5-9(6-13)16-12-15-7-11-10(14)3-4-19(11)18-12/h3-4,7,9H,5-6H2,1-2H3,(H,16,18)(H,17,20). The first-order chi connectivity index (χ1) is 9.45. The smallest absolute Gasteiger partial charge is 0.241 e. The summed E-state index contributed by atoms with van der Waals surface area (Å²) in [5, 5.41) is 10.7. The van der Waals surface area contributed by atoms with E-state index in [0.29, 0.717) is 12.0 Å². The average Bonchev–Trinajstić information content (AvgIpc) is 2.68. The van der Waals surface area contributed by atoms with Gasteiger partial charge in [-0.1, -0.05) is 0 Å². The normalized spacial score (nSPS) is 25.2. The fourth-order valence-corrected chi connectivity index (χ4v) is 3.18. The van der Waals surface area contributed by atoms with Crippen LogP contribution in [0.1, 0.15) is 26.7 Å². The lowest BCUT2D eigenvalue weighted by Crippen LogP contribution is -2.59. The number of aromatic nitrogens is 3. The molecule has 0 bridgehead atoms. The van der Waals surface area contributed by atoms with Gasteiger partial charge in [-0.2, -0.15) is 0 Å². The molecule has 0 radical (unpaired) electrons. The highest BCUT2D eigenvalue weighted by molar-refractivity contribution is 9.10. The van der Waals surface area contributed by atoms with Gasteiger partial charge in [0, 0.05) is 29.2 Å². The van der Waals surface area contributed by atoms with Crippen LogP contribution in [0.2, 0.25) is 0 Å². The Kier molecular flexibility index (Phi) is 3.16. The Hall–Kier alpha value is -1.63. The number of halogens is 1. The van der Waals surface area contributed by atoms with E-state index in [1.807, 2.05) is 12.3 Å². The van der Waals surface area contributed by atoms with Crippen molar-refractivity contribution in [1.82, 2.24) is 19.9 Å². The largest absolute Gasteiger partial charge is 0.351 e. The number of carbonyl (C=O) groups excluding carboxylic acids is 1. The topological polar surface area (TPSA) is 71.3 Å². The molecular weight excluding hydrogens is 322 g/mol. The number of rotatable bonds is 3. The van der Waals surface area contributed by atoms with E-state index in [0.717, 1.165) is 22.8 Å². The fourth-order valence-electron chi connectivity index (χ4n) is 2.78. The van der Waals surface area contributed by atoms with Crippen molar-refractivity contribution in [3.8, 4) is 0 Å². The van der Waals surface area contributed by atoms with Gasteiger partial charge < -0.3 is 10.6 Å². The molecule has 2 heterocycles. The second-order valence-corrected chi connectivity index (χ2v) is 6.42. The van der Waals surface area contributed by atoms with Crippen molar-refractivity contribution in [1.29, 1.82) is 0 Å².